The Morgan fingerprint density at radius 2 is 2.15 bits per heavy atom. The lowest BCUT2D eigenvalue weighted by atomic mass is 10.2. The Morgan fingerprint density at radius 1 is 1.33 bits per heavy atom. The Morgan fingerprint density at radius 3 is 2.89 bits per heavy atom. The standard InChI is InChI=1S/C18H20N8O/c1-11-5-4-6-14(7-11)8-21-24-18(27)16-12(2)26(25-23-16)10-15-9-20-13(3)22-17(15)19/h4-9H,10H2,1-3H3,(H,24,27)(H2,19,20,22)/b21-8+. The third-order valence-corrected chi connectivity index (χ3v) is 3.96. The number of nitrogens with one attached hydrogen (secondary N) is 1. The minimum absolute atomic E-state index is 0.197. The van der Waals surface area contributed by atoms with Crippen molar-refractivity contribution in [1.29, 1.82) is 0 Å². The fourth-order valence-electron chi connectivity index (χ4n) is 2.48. The molecule has 0 spiro atoms. The molecule has 0 atom stereocenters. The summed E-state index contributed by atoms with van der Waals surface area (Å²) in [5, 5.41) is 11.9. The van der Waals surface area contributed by atoms with Gasteiger partial charge in [0.2, 0.25) is 0 Å². The highest BCUT2D eigenvalue weighted by molar-refractivity contribution is 5.93. The van der Waals surface area contributed by atoms with Crippen LogP contribution in [-0.2, 0) is 6.54 Å². The molecule has 27 heavy (non-hydrogen) atoms. The van der Waals surface area contributed by atoms with E-state index >= 15 is 0 Å². The third kappa shape index (κ3) is 4.32. The predicted octanol–water partition coefficient (Wildman–Crippen LogP) is 1.39. The minimum Gasteiger partial charge on any atom is -0.383 e. The number of hydrazone groups is 1. The predicted molar refractivity (Wildman–Crippen MR) is 101 cm³/mol. The van der Waals surface area contributed by atoms with E-state index in [1.165, 1.54) is 0 Å². The van der Waals surface area contributed by atoms with E-state index in [9.17, 15) is 4.79 Å². The number of aryl methyl sites for hydroxylation is 2. The van der Waals surface area contributed by atoms with E-state index in [0.717, 1.165) is 11.1 Å². The van der Waals surface area contributed by atoms with Gasteiger partial charge in [0.1, 0.15) is 11.6 Å². The maximum atomic E-state index is 12.3. The van der Waals surface area contributed by atoms with Crippen molar-refractivity contribution in [1.82, 2.24) is 30.4 Å². The monoisotopic (exact) mass is 364 g/mol. The van der Waals surface area contributed by atoms with Crippen LogP contribution in [0.3, 0.4) is 0 Å². The molecule has 0 aliphatic carbocycles. The Labute approximate surface area is 156 Å². The molecule has 138 valence electrons. The Kier molecular flexibility index (Phi) is 5.20. The van der Waals surface area contributed by atoms with E-state index in [1.54, 1.807) is 30.9 Å². The lowest BCUT2D eigenvalue weighted by Gasteiger charge is -2.06. The van der Waals surface area contributed by atoms with Crippen LogP contribution in [-0.4, -0.2) is 37.1 Å². The van der Waals surface area contributed by atoms with Gasteiger partial charge in [-0.1, -0.05) is 35.0 Å². The molecule has 0 unspecified atom stereocenters. The summed E-state index contributed by atoms with van der Waals surface area (Å²) in [7, 11) is 0. The number of carbonyl (C=O) groups excluding carboxylic acids is 1. The van der Waals surface area contributed by atoms with E-state index in [1.807, 2.05) is 31.2 Å². The molecule has 3 N–H and O–H groups in total. The second-order valence-electron chi connectivity index (χ2n) is 6.12. The van der Waals surface area contributed by atoms with Crippen LogP contribution in [0.4, 0.5) is 5.82 Å². The highest BCUT2D eigenvalue weighted by atomic mass is 16.2. The minimum atomic E-state index is -0.434. The van der Waals surface area contributed by atoms with Crippen molar-refractivity contribution in [2.45, 2.75) is 27.3 Å². The normalized spacial score (nSPS) is 11.1. The van der Waals surface area contributed by atoms with Crippen molar-refractivity contribution in [2.75, 3.05) is 5.73 Å². The number of nitrogen functional groups attached to an aromatic ring is 1. The number of rotatable bonds is 5. The van der Waals surface area contributed by atoms with Crippen LogP contribution in [0.1, 0.15) is 38.7 Å². The van der Waals surface area contributed by atoms with E-state index in [4.69, 9.17) is 5.73 Å². The largest absolute Gasteiger partial charge is 0.383 e. The maximum absolute atomic E-state index is 12.3. The molecule has 0 saturated heterocycles. The molecule has 0 aliphatic rings. The van der Waals surface area contributed by atoms with Gasteiger partial charge in [-0.3, -0.25) is 4.79 Å². The van der Waals surface area contributed by atoms with Gasteiger partial charge < -0.3 is 5.73 Å². The van der Waals surface area contributed by atoms with E-state index in [2.05, 4.69) is 30.8 Å². The summed E-state index contributed by atoms with van der Waals surface area (Å²) in [6.07, 6.45) is 3.22. The molecular formula is C18H20N8O. The molecule has 3 rings (SSSR count). The number of hydrogen-bond acceptors (Lipinski definition) is 7. The first-order valence-corrected chi connectivity index (χ1v) is 8.32. The molecular weight excluding hydrogens is 344 g/mol. The lowest BCUT2D eigenvalue weighted by Crippen LogP contribution is -2.19. The molecule has 0 aliphatic heterocycles. The van der Waals surface area contributed by atoms with Gasteiger partial charge in [-0.05, 0) is 26.3 Å². The van der Waals surface area contributed by atoms with Crippen LogP contribution < -0.4 is 11.2 Å². The summed E-state index contributed by atoms with van der Waals surface area (Å²) in [5.41, 5.74) is 11.9. The first-order valence-electron chi connectivity index (χ1n) is 8.32. The fourth-order valence-corrected chi connectivity index (χ4v) is 2.48. The molecule has 9 heteroatoms. The van der Waals surface area contributed by atoms with Crippen molar-refractivity contribution < 1.29 is 4.79 Å². The molecule has 3 aromatic rings. The lowest BCUT2D eigenvalue weighted by molar-refractivity contribution is 0.0949. The van der Waals surface area contributed by atoms with Crippen LogP contribution in [0.5, 0.6) is 0 Å². The highest BCUT2D eigenvalue weighted by Crippen LogP contribution is 2.12. The number of amides is 1. The zero-order valence-corrected chi connectivity index (χ0v) is 15.3. The number of carbonyl (C=O) groups is 1. The van der Waals surface area contributed by atoms with Gasteiger partial charge in [0.05, 0.1) is 18.5 Å². The topological polar surface area (TPSA) is 124 Å². The number of nitrogens with zero attached hydrogens (tertiary/aromatic N) is 6. The zero-order valence-electron chi connectivity index (χ0n) is 15.3. The van der Waals surface area contributed by atoms with Crippen LogP contribution in [0.15, 0.2) is 35.6 Å². The number of hydrogen-bond donors (Lipinski definition) is 2. The van der Waals surface area contributed by atoms with Crippen molar-refractivity contribution in [3.8, 4) is 0 Å². The van der Waals surface area contributed by atoms with Crippen molar-refractivity contribution in [3.05, 3.63) is 64.4 Å². The molecule has 2 aromatic heterocycles. The van der Waals surface area contributed by atoms with Gasteiger partial charge in [-0.2, -0.15) is 5.10 Å². The molecule has 0 fully saturated rings. The molecule has 0 saturated carbocycles. The van der Waals surface area contributed by atoms with Gasteiger partial charge in [0.15, 0.2) is 5.69 Å². The van der Waals surface area contributed by atoms with E-state index in [-0.39, 0.29) is 5.69 Å². The zero-order chi connectivity index (χ0) is 19.4. The quantitative estimate of drug-likeness (QED) is 0.521. The first-order chi connectivity index (χ1) is 12.9. The Hall–Kier alpha value is -3.62. The second-order valence-corrected chi connectivity index (χ2v) is 6.12. The summed E-state index contributed by atoms with van der Waals surface area (Å²) in [6.45, 7) is 5.83. The maximum Gasteiger partial charge on any atom is 0.293 e. The highest BCUT2D eigenvalue weighted by Gasteiger charge is 2.17. The summed E-state index contributed by atoms with van der Waals surface area (Å²) in [6, 6.07) is 7.78. The molecule has 2 heterocycles. The third-order valence-electron chi connectivity index (χ3n) is 3.96. The summed E-state index contributed by atoms with van der Waals surface area (Å²) in [5.74, 6) is 0.542. The summed E-state index contributed by atoms with van der Waals surface area (Å²) >= 11 is 0. The summed E-state index contributed by atoms with van der Waals surface area (Å²) in [4.78, 5) is 20.6. The summed E-state index contributed by atoms with van der Waals surface area (Å²) < 4.78 is 1.57. The Bertz CT molecular complexity index is 1010. The average molecular weight is 364 g/mol. The van der Waals surface area contributed by atoms with Gasteiger partial charge in [0, 0.05) is 11.8 Å². The number of aromatic nitrogens is 5. The smallest absolute Gasteiger partial charge is 0.293 e. The number of benzene rings is 1. The molecule has 0 bridgehead atoms. The van der Waals surface area contributed by atoms with Gasteiger partial charge in [0.25, 0.3) is 5.91 Å². The van der Waals surface area contributed by atoms with Gasteiger partial charge in [-0.15, -0.1) is 5.10 Å². The van der Waals surface area contributed by atoms with Gasteiger partial charge >= 0.3 is 0 Å². The average Bonchev–Trinajstić information content (AvgIpc) is 2.98. The van der Waals surface area contributed by atoms with Gasteiger partial charge in [-0.25, -0.2) is 20.1 Å². The van der Waals surface area contributed by atoms with Crippen LogP contribution in [0.25, 0.3) is 0 Å². The fraction of sp³-hybridized carbons (Fsp3) is 0.222. The van der Waals surface area contributed by atoms with Crippen molar-refractivity contribution >= 4 is 17.9 Å². The second kappa shape index (κ2) is 7.73. The first kappa shape index (κ1) is 18.2. The Balaban J connectivity index is 1.69. The van der Waals surface area contributed by atoms with Crippen LogP contribution in [0.2, 0.25) is 0 Å². The van der Waals surface area contributed by atoms with E-state index in [0.29, 0.717) is 29.4 Å². The van der Waals surface area contributed by atoms with Crippen LogP contribution in [0, 0.1) is 20.8 Å². The van der Waals surface area contributed by atoms with Crippen molar-refractivity contribution in [3.63, 3.8) is 0 Å². The molecule has 1 aromatic carbocycles. The SMILES string of the molecule is Cc1cccc(/C=N/NC(=O)c2nnn(Cc3cnc(C)nc3N)c2C)c1. The van der Waals surface area contributed by atoms with Crippen LogP contribution >= 0.6 is 0 Å². The van der Waals surface area contributed by atoms with E-state index < -0.39 is 5.91 Å². The molecule has 0 radical (unpaired) electrons. The molecule has 1 amide bonds. The number of anilines is 1. The number of nitrogens with two attached hydrogens (primary N) is 1. The molecule has 9 nitrogen and oxygen atoms in total. The van der Waals surface area contributed by atoms with Crippen molar-refractivity contribution in [2.24, 2.45) is 5.10 Å².